The number of likely N-dealkylation sites (tertiary alicyclic amines) is 2. The average Bonchev–Trinajstić information content (AvgIpc) is 3.81. The molecule has 56 heavy (non-hydrogen) atoms. The number of rotatable bonds is 5. The quantitative estimate of drug-likeness (QED) is 0.207. The molecule has 0 bridgehead atoms. The Labute approximate surface area is 319 Å². The van der Waals surface area contributed by atoms with Gasteiger partial charge in [0.15, 0.2) is 5.69 Å². The van der Waals surface area contributed by atoms with Gasteiger partial charge >= 0.3 is 12.4 Å². The van der Waals surface area contributed by atoms with Gasteiger partial charge in [-0.1, -0.05) is 48.1 Å². The number of nitrogens with zero attached hydrogens (tertiary/aromatic N) is 5. The summed E-state index contributed by atoms with van der Waals surface area (Å²) in [6.07, 6.45) is -5.51. The number of aromatic nitrogens is 3. The third-order valence-electron chi connectivity index (χ3n) is 11.3. The van der Waals surface area contributed by atoms with Crippen LogP contribution < -0.4 is 5.32 Å². The van der Waals surface area contributed by atoms with Crippen LogP contribution >= 0.6 is 0 Å². The van der Waals surface area contributed by atoms with Gasteiger partial charge in [-0.3, -0.25) is 14.7 Å². The predicted molar refractivity (Wildman–Crippen MR) is 194 cm³/mol. The van der Waals surface area contributed by atoms with Gasteiger partial charge in [0.2, 0.25) is 5.91 Å². The van der Waals surface area contributed by atoms with Gasteiger partial charge in [0, 0.05) is 63.9 Å². The number of likely N-dealkylation sites (N-methyl/N-ethyl adjacent to an activating group) is 1. The van der Waals surface area contributed by atoms with Crippen molar-refractivity contribution in [1.82, 2.24) is 35.4 Å². The molecule has 16 heteroatoms. The van der Waals surface area contributed by atoms with Crippen molar-refractivity contribution >= 4 is 17.5 Å². The fourth-order valence-corrected chi connectivity index (χ4v) is 8.25. The van der Waals surface area contributed by atoms with Crippen molar-refractivity contribution in [3.8, 4) is 0 Å². The summed E-state index contributed by atoms with van der Waals surface area (Å²) in [6, 6.07) is 11.6. The molecule has 2 saturated heterocycles. The van der Waals surface area contributed by atoms with E-state index in [-0.39, 0.29) is 30.1 Å². The number of fused-ring (bicyclic) bond motifs is 2. The molecule has 2 aromatic heterocycles. The lowest BCUT2D eigenvalue weighted by atomic mass is 9.86. The second-order valence-corrected chi connectivity index (χ2v) is 14.8. The Bertz CT molecular complexity index is 2070. The van der Waals surface area contributed by atoms with Crippen molar-refractivity contribution in [2.45, 2.75) is 75.8 Å². The number of amides is 2. The molecular weight excluding hydrogens is 740 g/mol. The van der Waals surface area contributed by atoms with E-state index in [2.05, 4.69) is 32.1 Å². The number of halogens is 6. The van der Waals surface area contributed by atoms with Crippen LogP contribution in [-0.4, -0.2) is 81.6 Å². The lowest BCUT2D eigenvalue weighted by molar-refractivity contribution is -0.139. The Morgan fingerprint density at radius 3 is 1.95 bits per heavy atom. The molecule has 0 atom stereocenters. The SMILES string of the molecule is C=C(c1n[nH]c2c1CC(=O)N(C)C2)N1CCC(c2ccccc2C(F)(F)F)CC1.O=C(c1noc2c1CNCC2)N1CCC(c2ccccc2C(F)(F)F)CC1. The third-order valence-corrected chi connectivity index (χ3v) is 11.3. The van der Waals surface area contributed by atoms with Crippen molar-refractivity contribution in [3.63, 3.8) is 0 Å². The van der Waals surface area contributed by atoms with Crippen LogP contribution in [0.3, 0.4) is 0 Å². The van der Waals surface area contributed by atoms with Crippen molar-refractivity contribution in [2.24, 2.45) is 0 Å². The number of carbonyl (C=O) groups excluding carboxylic acids is 2. The van der Waals surface area contributed by atoms with Gasteiger partial charge in [0.05, 0.1) is 35.5 Å². The van der Waals surface area contributed by atoms with Crippen LogP contribution in [-0.2, 0) is 43.1 Å². The molecule has 2 aromatic carbocycles. The van der Waals surface area contributed by atoms with E-state index >= 15 is 0 Å². The Kier molecular flexibility index (Phi) is 11.0. The molecule has 2 fully saturated rings. The molecule has 0 aliphatic carbocycles. The lowest BCUT2D eigenvalue weighted by Gasteiger charge is -2.35. The first-order valence-electron chi connectivity index (χ1n) is 18.7. The first-order chi connectivity index (χ1) is 26.7. The second-order valence-electron chi connectivity index (χ2n) is 14.8. The topological polar surface area (TPSA) is 111 Å². The zero-order chi connectivity index (χ0) is 39.8. The summed E-state index contributed by atoms with van der Waals surface area (Å²) in [4.78, 5) is 30.2. The molecule has 0 unspecified atom stereocenters. The van der Waals surface area contributed by atoms with Gasteiger partial charge in [-0.25, -0.2) is 0 Å². The summed E-state index contributed by atoms with van der Waals surface area (Å²) in [5.41, 5.74) is 3.91. The van der Waals surface area contributed by atoms with Crippen LogP contribution in [0.25, 0.3) is 5.70 Å². The number of hydrogen-bond donors (Lipinski definition) is 2. The van der Waals surface area contributed by atoms with Crippen molar-refractivity contribution in [2.75, 3.05) is 39.8 Å². The Hall–Kier alpha value is -5.12. The van der Waals surface area contributed by atoms with E-state index in [1.165, 1.54) is 12.1 Å². The summed E-state index contributed by atoms with van der Waals surface area (Å²) in [7, 11) is 1.75. The summed E-state index contributed by atoms with van der Waals surface area (Å²) in [5.74, 6) is 0.229. The Morgan fingerprint density at radius 2 is 1.38 bits per heavy atom. The van der Waals surface area contributed by atoms with E-state index in [1.807, 2.05) is 0 Å². The van der Waals surface area contributed by atoms with E-state index in [9.17, 15) is 35.9 Å². The third kappa shape index (κ3) is 8.06. The van der Waals surface area contributed by atoms with Crippen LogP contribution in [0.1, 0.15) is 98.5 Å². The van der Waals surface area contributed by atoms with Crippen LogP contribution in [0, 0.1) is 0 Å². The summed E-state index contributed by atoms with van der Waals surface area (Å²) in [5, 5.41) is 14.5. The number of H-pyrrole nitrogens is 1. The molecular formula is C40H43F6N7O3. The minimum atomic E-state index is -4.36. The predicted octanol–water partition coefficient (Wildman–Crippen LogP) is 7.15. The van der Waals surface area contributed by atoms with E-state index < -0.39 is 23.5 Å². The molecule has 10 nitrogen and oxygen atoms in total. The molecule has 4 aliphatic heterocycles. The standard InChI is InChI=1S/C21H23F3N4O.C19H20F3N3O2/c1-13(20-16-11-19(29)27(2)12-18(16)25-26-20)28-9-7-14(8-10-28)15-5-3-4-6-17(15)21(22,23)24;20-19(21,22)15-4-2-1-3-13(15)12-6-9-25(10-7-12)18(26)17-14-11-23-8-5-16(14)27-24-17/h3-6,14H,1,7-12H2,2H3,(H,25,26);1-4,12,23H,5-11H2. The van der Waals surface area contributed by atoms with Crippen LogP contribution in [0.5, 0.6) is 0 Å². The second kappa shape index (κ2) is 15.8. The highest BCUT2D eigenvalue weighted by Gasteiger charge is 2.38. The van der Waals surface area contributed by atoms with Gasteiger partial charge in [-0.05, 0) is 60.8 Å². The van der Waals surface area contributed by atoms with Crippen molar-refractivity contribution < 1.29 is 40.5 Å². The maximum atomic E-state index is 13.3. The number of benzene rings is 2. The minimum Gasteiger partial charge on any atom is -0.370 e. The number of hydrogen-bond acceptors (Lipinski definition) is 7. The van der Waals surface area contributed by atoms with Crippen LogP contribution in [0.2, 0.25) is 0 Å². The molecule has 298 valence electrons. The highest BCUT2D eigenvalue weighted by molar-refractivity contribution is 5.94. The molecule has 4 aromatic rings. The fraction of sp³-hybridized carbons (Fsp3) is 0.450. The minimum absolute atomic E-state index is 0.0374. The van der Waals surface area contributed by atoms with Gasteiger partial charge in [0.1, 0.15) is 11.5 Å². The smallest absolute Gasteiger partial charge is 0.370 e. The first-order valence-corrected chi connectivity index (χ1v) is 18.7. The van der Waals surface area contributed by atoms with Gasteiger partial charge in [-0.15, -0.1) is 0 Å². The van der Waals surface area contributed by atoms with E-state index in [0.717, 1.165) is 47.0 Å². The zero-order valence-corrected chi connectivity index (χ0v) is 30.9. The van der Waals surface area contributed by atoms with E-state index in [4.69, 9.17) is 4.52 Å². The lowest BCUT2D eigenvalue weighted by Crippen LogP contribution is -2.39. The molecule has 0 saturated carbocycles. The van der Waals surface area contributed by atoms with Crippen LogP contribution in [0.4, 0.5) is 26.3 Å². The van der Waals surface area contributed by atoms with Gasteiger partial charge in [0.25, 0.3) is 5.91 Å². The van der Waals surface area contributed by atoms with Crippen molar-refractivity contribution in [1.29, 1.82) is 0 Å². The Morgan fingerprint density at radius 1 is 0.821 bits per heavy atom. The zero-order valence-electron chi connectivity index (χ0n) is 30.9. The van der Waals surface area contributed by atoms with Crippen LogP contribution in [0.15, 0.2) is 59.6 Å². The highest BCUT2D eigenvalue weighted by Crippen LogP contribution is 2.41. The number of piperidine rings is 2. The summed E-state index contributed by atoms with van der Waals surface area (Å²) >= 11 is 0. The van der Waals surface area contributed by atoms with E-state index in [0.29, 0.717) is 93.9 Å². The van der Waals surface area contributed by atoms with Gasteiger partial charge in [-0.2, -0.15) is 31.4 Å². The molecule has 8 rings (SSSR count). The summed E-state index contributed by atoms with van der Waals surface area (Å²) in [6.45, 7) is 8.02. The molecule has 0 radical (unpaired) electrons. The molecule has 2 amide bonds. The number of alkyl halides is 6. The number of aromatic amines is 1. The molecule has 4 aliphatic rings. The fourth-order valence-electron chi connectivity index (χ4n) is 8.25. The Balaban J connectivity index is 0.000000172. The molecule has 2 N–H and O–H groups in total. The molecule has 6 heterocycles. The first kappa shape index (κ1) is 39.1. The monoisotopic (exact) mass is 783 g/mol. The highest BCUT2D eigenvalue weighted by atomic mass is 19.4. The normalized spacial score (nSPS) is 18.3. The average molecular weight is 784 g/mol. The van der Waals surface area contributed by atoms with Gasteiger partial charge < -0.3 is 24.5 Å². The number of carbonyl (C=O) groups is 2. The van der Waals surface area contributed by atoms with Crippen molar-refractivity contribution in [3.05, 3.63) is 111 Å². The number of nitrogens with one attached hydrogen (secondary N) is 2. The maximum Gasteiger partial charge on any atom is 0.416 e. The maximum absolute atomic E-state index is 13.3. The summed E-state index contributed by atoms with van der Waals surface area (Å²) < 4.78 is 85.1. The molecule has 0 spiro atoms. The largest absolute Gasteiger partial charge is 0.416 e. The van der Waals surface area contributed by atoms with E-state index in [1.54, 1.807) is 41.1 Å².